The second kappa shape index (κ2) is 9.32. The highest BCUT2D eigenvalue weighted by molar-refractivity contribution is 6.07. The van der Waals surface area contributed by atoms with Gasteiger partial charge in [0.05, 0.1) is 0 Å². The van der Waals surface area contributed by atoms with E-state index in [0.29, 0.717) is 11.7 Å². The van der Waals surface area contributed by atoms with E-state index in [1.54, 1.807) is 0 Å². The fraction of sp³-hybridized carbons (Fsp3) is 0.640. The monoisotopic (exact) mass is 436 g/mol. The zero-order valence-corrected chi connectivity index (χ0v) is 19.5. The van der Waals surface area contributed by atoms with Gasteiger partial charge in [-0.05, 0) is 26.7 Å². The number of benzene rings is 1. The van der Waals surface area contributed by atoms with Crippen LogP contribution >= 0.6 is 0 Å². The molecule has 2 aromatic rings. The molecule has 1 amide bonds. The van der Waals surface area contributed by atoms with Gasteiger partial charge in [-0.15, -0.1) is 10.2 Å². The first-order chi connectivity index (χ1) is 15.6. The quantitative estimate of drug-likeness (QED) is 0.735. The molecule has 1 aromatic heterocycles. The second-order valence-corrected chi connectivity index (χ2v) is 9.80. The van der Waals surface area contributed by atoms with Crippen molar-refractivity contribution in [2.24, 2.45) is 0 Å². The van der Waals surface area contributed by atoms with Crippen LogP contribution in [0.3, 0.4) is 0 Å². The van der Waals surface area contributed by atoms with Gasteiger partial charge < -0.3 is 9.80 Å². The molecule has 0 radical (unpaired) electrons. The molecule has 2 saturated heterocycles. The van der Waals surface area contributed by atoms with Gasteiger partial charge >= 0.3 is 0 Å². The van der Waals surface area contributed by atoms with Crippen LogP contribution in [0.1, 0.15) is 50.0 Å². The van der Waals surface area contributed by atoms with Crippen molar-refractivity contribution in [2.45, 2.75) is 51.6 Å². The number of carbonyl (C=O) groups is 1. The van der Waals surface area contributed by atoms with E-state index in [9.17, 15) is 4.79 Å². The summed E-state index contributed by atoms with van der Waals surface area (Å²) in [6.45, 7) is 11.9. The number of amides is 1. The van der Waals surface area contributed by atoms with E-state index in [2.05, 4.69) is 44.8 Å². The number of anilines is 1. The number of hydrogen-bond acceptors (Lipinski definition) is 6. The molecule has 2 aliphatic heterocycles. The topological polar surface area (TPSA) is 55.8 Å². The largest absolute Gasteiger partial charge is 0.352 e. The first kappa shape index (κ1) is 21.6. The molecule has 7 heteroatoms. The maximum absolute atomic E-state index is 13.4. The summed E-state index contributed by atoms with van der Waals surface area (Å²) >= 11 is 0. The summed E-state index contributed by atoms with van der Waals surface area (Å²) in [6, 6.07) is 9.44. The van der Waals surface area contributed by atoms with Crippen LogP contribution in [0.5, 0.6) is 0 Å². The van der Waals surface area contributed by atoms with Crippen LogP contribution in [-0.2, 0) is 0 Å². The molecular weight excluding hydrogens is 400 g/mol. The molecule has 1 saturated carbocycles. The summed E-state index contributed by atoms with van der Waals surface area (Å²) in [6.07, 6.45) is 5.34. The molecule has 0 bridgehead atoms. The standard InChI is InChI=1S/C25H36N6O/c1-19(2)28-11-15-30(16-12-28)24-22-10-6-5-9-21(22)23(26-27-24)25(32)31-17-13-29(14-18-31)20-7-3-4-8-20/h5-6,9-10,19-20H,3-4,7-8,11-18H2,1-2H3. The molecular formula is C25H36N6O. The summed E-state index contributed by atoms with van der Waals surface area (Å²) in [4.78, 5) is 22.8. The molecule has 0 N–H and O–H groups in total. The number of carbonyl (C=O) groups excluding carboxylic acids is 1. The molecule has 7 nitrogen and oxygen atoms in total. The van der Waals surface area contributed by atoms with Crippen LogP contribution < -0.4 is 4.90 Å². The lowest BCUT2D eigenvalue weighted by Gasteiger charge is -2.38. The van der Waals surface area contributed by atoms with Gasteiger partial charge in [-0.3, -0.25) is 14.6 Å². The molecule has 0 spiro atoms. The normalized spacial score (nSPS) is 21.7. The minimum absolute atomic E-state index is 0.0240. The first-order valence-corrected chi connectivity index (χ1v) is 12.4. The Balaban J connectivity index is 1.33. The molecule has 3 aliphatic rings. The number of piperazine rings is 2. The number of aromatic nitrogens is 2. The minimum atomic E-state index is 0.0240. The lowest BCUT2D eigenvalue weighted by atomic mass is 10.1. The molecule has 3 fully saturated rings. The summed E-state index contributed by atoms with van der Waals surface area (Å²) in [5, 5.41) is 11.1. The van der Waals surface area contributed by atoms with Gasteiger partial charge in [0.1, 0.15) is 0 Å². The summed E-state index contributed by atoms with van der Waals surface area (Å²) in [7, 11) is 0. The van der Waals surface area contributed by atoms with Crippen molar-refractivity contribution in [1.82, 2.24) is 24.9 Å². The van der Waals surface area contributed by atoms with Crippen LogP contribution in [0, 0.1) is 0 Å². The van der Waals surface area contributed by atoms with Crippen molar-refractivity contribution >= 4 is 22.5 Å². The molecule has 32 heavy (non-hydrogen) atoms. The molecule has 0 unspecified atom stereocenters. The average molecular weight is 437 g/mol. The van der Waals surface area contributed by atoms with E-state index in [4.69, 9.17) is 0 Å². The van der Waals surface area contributed by atoms with E-state index in [0.717, 1.165) is 75.0 Å². The third-order valence-corrected chi connectivity index (χ3v) is 7.66. The van der Waals surface area contributed by atoms with Gasteiger partial charge in [0.15, 0.2) is 11.5 Å². The van der Waals surface area contributed by atoms with Crippen LogP contribution in [0.4, 0.5) is 5.82 Å². The lowest BCUT2D eigenvalue weighted by Crippen LogP contribution is -2.51. The van der Waals surface area contributed by atoms with Crippen molar-refractivity contribution in [3.05, 3.63) is 30.0 Å². The Labute approximate surface area is 191 Å². The van der Waals surface area contributed by atoms with Crippen LogP contribution in [0.15, 0.2) is 24.3 Å². The third kappa shape index (κ3) is 4.20. The predicted molar refractivity (Wildman–Crippen MR) is 128 cm³/mol. The van der Waals surface area contributed by atoms with Gasteiger partial charge in [0, 0.05) is 75.2 Å². The number of rotatable bonds is 4. The minimum Gasteiger partial charge on any atom is -0.352 e. The van der Waals surface area contributed by atoms with E-state index in [1.165, 1.54) is 25.7 Å². The number of fused-ring (bicyclic) bond motifs is 1. The third-order valence-electron chi connectivity index (χ3n) is 7.66. The first-order valence-electron chi connectivity index (χ1n) is 12.4. The molecule has 3 heterocycles. The van der Waals surface area contributed by atoms with Crippen molar-refractivity contribution < 1.29 is 4.79 Å². The Hall–Kier alpha value is -2.25. The Bertz CT molecular complexity index is 941. The maximum atomic E-state index is 13.4. The summed E-state index contributed by atoms with van der Waals surface area (Å²) < 4.78 is 0. The van der Waals surface area contributed by atoms with Crippen molar-refractivity contribution in [1.29, 1.82) is 0 Å². The molecule has 1 aliphatic carbocycles. The average Bonchev–Trinajstić information content (AvgIpc) is 3.38. The van der Waals surface area contributed by atoms with E-state index in [-0.39, 0.29) is 5.91 Å². The highest BCUT2D eigenvalue weighted by Crippen LogP contribution is 2.28. The molecule has 1 aromatic carbocycles. The zero-order valence-electron chi connectivity index (χ0n) is 19.5. The number of nitrogens with zero attached hydrogens (tertiary/aromatic N) is 6. The summed E-state index contributed by atoms with van der Waals surface area (Å²) in [5.41, 5.74) is 0.500. The zero-order chi connectivity index (χ0) is 22.1. The van der Waals surface area contributed by atoms with Gasteiger partial charge in [-0.25, -0.2) is 0 Å². The van der Waals surface area contributed by atoms with Crippen molar-refractivity contribution in [3.63, 3.8) is 0 Å². The number of hydrogen-bond donors (Lipinski definition) is 0. The molecule has 0 atom stereocenters. The Morgan fingerprint density at radius 1 is 0.875 bits per heavy atom. The predicted octanol–water partition coefficient (Wildman–Crippen LogP) is 2.86. The van der Waals surface area contributed by atoms with Gasteiger partial charge in [-0.2, -0.15) is 0 Å². The van der Waals surface area contributed by atoms with E-state index < -0.39 is 0 Å². The SMILES string of the molecule is CC(C)N1CCN(c2nnc(C(=O)N3CCN(C4CCCC4)CC3)c3ccccc23)CC1. The Morgan fingerprint density at radius 2 is 1.53 bits per heavy atom. The van der Waals surface area contributed by atoms with E-state index >= 15 is 0 Å². The van der Waals surface area contributed by atoms with Crippen LogP contribution in [0.2, 0.25) is 0 Å². The molecule has 5 rings (SSSR count). The smallest absolute Gasteiger partial charge is 0.275 e. The van der Waals surface area contributed by atoms with Gasteiger partial charge in [-0.1, -0.05) is 37.1 Å². The van der Waals surface area contributed by atoms with Crippen LogP contribution in [-0.4, -0.2) is 95.2 Å². The van der Waals surface area contributed by atoms with Crippen molar-refractivity contribution in [3.8, 4) is 0 Å². The Morgan fingerprint density at radius 3 is 2.19 bits per heavy atom. The van der Waals surface area contributed by atoms with Gasteiger partial charge in [0.25, 0.3) is 5.91 Å². The van der Waals surface area contributed by atoms with Crippen molar-refractivity contribution in [2.75, 3.05) is 57.3 Å². The lowest BCUT2D eigenvalue weighted by molar-refractivity contribution is 0.0569. The maximum Gasteiger partial charge on any atom is 0.275 e. The fourth-order valence-corrected chi connectivity index (χ4v) is 5.64. The van der Waals surface area contributed by atoms with Crippen LogP contribution in [0.25, 0.3) is 10.8 Å². The Kier molecular flexibility index (Phi) is 6.28. The van der Waals surface area contributed by atoms with Gasteiger partial charge in [0.2, 0.25) is 0 Å². The highest BCUT2D eigenvalue weighted by Gasteiger charge is 2.30. The van der Waals surface area contributed by atoms with E-state index in [1.807, 2.05) is 23.1 Å². The highest BCUT2D eigenvalue weighted by atomic mass is 16.2. The molecule has 172 valence electrons. The summed E-state index contributed by atoms with van der Waals surface area (Å²) in [5.74, 6) is 0.933. The fourth-order valence-electron chi connectivity index (χ4n) is 5.64. The second-order valence-electron chi connectivity index (χ2n) is 9.80.